The molecule has 2 nitrogen and oxygen atoms in total. The van der Waals surface area contributed by atoms with E-state index in [1.54, 1.807) is 0 Å². The van der Waals surface area contributed by atoms with Gasteiger partial charge in [-0.15, -0.1) is 0 Å². The fourth-order valence-corrected chi connectivity index (χ4v) is 1.46. The van der Waals surface area contributed by atoms with E-state index in [-0.39, 0.29) is 17.7 Å². The van der Waals surface area contributed by atoms with Crippen molar-refractivity contribution in [2.45, 2.75) is 6.18 Å². The van der Waals surface area contributed by atoms with Crippen molar-refractivity contribution in [2.24, 2.45) is 0 Å². The molecule has 1 aliphatic rings. The summed E-state index contributed by atoms with van der Waals surface area (Å²) in [6.45, 7) is 0.115. The third kappa shape index (κ3) is 1.93. The molecule has 0 fully saturated rings. The van der Waals surface area contributed by atoms with E-state index in [2.05, 4.69) is 4.74 Å². The predicted octanol–water partition coefficient (Wildman–Crippen LogP) is 2.65. The van der Waals surface area contributed by atoms with E-state index in [0.717, 1.165) is 12.1 Å². The van der Waals surface area contributed by atoms with E-state index in [0.29, 0.717) is 0 Å². The van der Waals surface area contributed by atoms with Gasteiger partial charge in [0.05, 0.1) is 11.1 Å². The lowest BCUT2D eigenvalue weighted by atomic mass is 10.0. The Bertz CT molecular complexity index is 461. The Kier molecular flexibility index (Phi) is 2.46. The highest BCUT2D eigenvalue weighted by molar-refractivity contribution is 6.18. The number of hydrogen-bond acceptors (Lipinski definition) is 2. The van der Waals surface area contributed by atoms with Crippen molar-refractivity contribution in [3.63, 3.8) is 0 Å². The summed E-state index contributed by atoms with van der Waals surface area (Å²) in [6.07, 6.45) is -2.93. The van der Waals surface area contributed by atoms with Gasteiger partial charge in [-0.05, 0) is 23.8 Å². The smallest absolute Gasteiger partial charge is 0.416 e. The first-order chi connectivity index (χ1) is 7.48. The molecule has 1 aromatic carbocycles. The minimum absolute atomic E-state index is 0.115. The molecule has 0 bridgehead atoms. The summed E-state index contributed by atoms with van der Waals surface area (Å²) < 4.78 is 41.9. The lowest BCUT2D eigenvalue weighted by Gasteiger charge is -2.08. The van der Waals surface area contributed by atoms with E-state index >= 15 is 0 Å². The fourth-order valence-electron chi connectivity index (χ4n) is 1.46. The van der Waals surface area contributed by atoms with Crippen LogP contribution in [0.3, 0.4) is 0 Å². The molecule has 0 saturated heterocycles. The topological polar surface area (TPSA) is 26.3 Å². The van der Waals surface area contributed by atoms with Crippen LogP contribution in [-0.4, -0.2) is 12.6 Å². The quantitative estimate of drug-likeness (QED) is 0.690. The van der Waals surface area contributed by atoms with Crippen LogP contribution in [0.15, 0.2) is 30.3 Å². The van der Waals surface area contributed by atoms with Crippen LogP contribution >= 0.6 is 0 Å². The molecular weight excluding hydrogens is 221 g/mol. The highest BCUT2D eigenvalue weighted by atomic mass is 19.4. The van der Waals surface area contributed by atoms with Gasteiger partial charge in [0.1, 0.15) is 6.61 Å². The molecule has 0 N–H and O–H groups in total. The Hall–Kier alpha value is -1.78. The van der Waals surface area contributed by atoms with Crippen molar-refractivity contribution < 1.29 is 22.7 Å². The van der Waals surface area contributed by atoms with E-state index < -0.39 is 17.7 Å². The van der Waals surface area contributed by atoms with Gasteiger partial charge >= 0.3 is 12.1 Å². The molecule has 16 heavy (non-hydrogen) atoms. The number of carbonyl (C=O) groups is 1. The Morgan fingerprint density at radius 1 is 1.25 bits per heavy atom. The van der Waals surface area contributed by atoms with Gasteiger partial charge in [-0.1, -0.05) is 12.1 Å². The van der Waals surface area contributed by atoms with E-state index in [1.807, 2.05) is 0 Å². The van der Waals surface area contributed by atoms with Gasteiger partial charge in [0.15, 0.2) is 0 Å². The lowest BCUT2D eigenvalue weighted by molar-refractivity contribution is -0.138. The predicted molar refractivity (Wildman–Crippen MR) is 50.4 cm³/mol. The van der Waals surface area contributed by atoms with Crippen LogP contribution in [0.1, 0.15) is 11.1 Å². The first kappa shape index (κ1) is 10.7. The third-order valence-corrected chi connectivity index (χ3v) is 2.22. The van der Waals surface area contributed by atoms with Crippen LogP contribution in [-0.2, 0) is 15.7 Å². The second-order valence-electron chi connectivity index (χ2n) is 3.29. The van der Waals surface area contributed by atoms with E-state index in [4.69, 9.17) is 0 Å². The summed E-state index contributed by atoms with van der Waals surface area (Å²) in [5, 5.41) is 0. The molecule has 0 radical (unpaired) electrons. The van der Waals surface area contributed by atoms with Crippen LogP contribution in [0.2, 0.25) is 0 Å². The molecule has 0 atom stereocenters. The molecule has 0 unspecified atom stereocenters. The zero-order valence-corrected chi connectivity index (χ0v) is 8.04. The zero-order valence-electron chi connectivity index (χ0n) is 8.04. The standard InChI is InChI=1S/C11H7F3O2/c12-11(13,14)8-3-1-2-7(6-8)9-4-5-16-10(9)15/h1-4,6H,5H2. The lowest BCUT2D eigenvalue weighted by Crippen LogP contribution is -2.06. The SMILES string of the molecule is O=C1OCC=C1c1cccc(C(F)(F)F)c1. The number of esters is 1. The maximum atomic E-state index is 12.4. The van der Waals surface area contributed by atoms with Gasteiger partial charge in [0.2, 0.25) is 0 Å². The number of ether oxygens (including phenoxy) is 1. The number of hydrogen-bond donors (Lipinski definition) is 0. The first-order valence-corrected chi connectivity index (χ1v) is 4.53. The second-order valence-corrected chi connectivity index (χ2v) is 3.29. The molecular formula is C11H7F3O2. The number of halogens is 3. The first-order valence-electron chi connectivity index (χ1n) is 4.53. The highest BCUT2D eigenvalue weighted by Crippen LogP contribution is 2.31. The summed E-state index contributed by atoms with van der Waals surface area (Å²) in [4.78, 5) is 11.2. The van der Waals surface area contributed by atoms with Gasteiger partial charge in [-0.25, -0.2) is 4.79 Å². The molecule has 0 aliphatic carbocycles. The Morgan fingerprint density at radius 3 is 2.56 bits per heavy atom. The minimum atomic E-state index is -4.40. The maximum Gasteiger partial charge on any atom is 0.416 e. The third-order valence-electron chi connectivity index (χ3n) is 2.22. The molecule has 0 aromatic heterocycles. The molecule has 0 amide bonds. The van der Waals surface area contributed by atoms with Crippen LogP contribution < -0.4 is 0 Å². The van der Waals surface area contributed by atoms with Crippen molar-refractivity contribution in [1.82, 2.24) is 0 Å². The van der Waals surface area contributed by atoms with Crippen molar-refractivity contribution in [3.05, 3.63) is 41.5 Å². The Labute approximate surface area is 89.3 Å². The van der Waals surface area contributed by atoms with Gasteiger partial charge in [-0.3, -0.25) is 0 Å². The van der Waals surface area contributed by atoms with Crippen LogP contribution in [0, 0.1) is 0 Å². The van der Waals surface area contributed by atoms with Gasteiger partial charge in [0, 0.05) is 0 Å². The second kappa shape index (κ2) is 3.66. The summed E-state index contributed by atoms with van der Waals surface area (Å²) in [6, 6.07) is 4.63. The Balaban J connectivity index is 2.40. The summed E-state index contributed by atoms with van der Waals surface area (Å²) in [5.74, 6) is -0.584. The Morgan fingerprint density at radius 2 is 2.00 bits per heavy atom. The highest BCUT2D eigenvalue weighted by Gasteiger charge is 2.31. The minimum Gasteiger partial charge on any atom is -0.458 e. The number of carbonyl (C=O) groups excluding carboxylic acids is 1. The molecule has 0 saturated carbocycles. The van der Waals surface area contributed by atoms with Gasteiger partial charge in [-0.2, -0.15) is 13.2 Å². The van der Waals surface area contributed by atoms with Crippen LogP contribution in [0.25, 0.3) is 5.57 Å². The number of cyclic esters (lactones) is 1. The molecule has 84 valence electrons. The van der Waals surface area contributed by atoms with Crippen molar-refractivity contribution >= 4 is 11.5 Å². The van der Waals surface area contributed by atoms with Crippen molar-refractivity contribution in [1.29, 1.82) is 0 Å². The van der Waals surface area contributed by atoms with Crippen LogP contribution in [0.5, 0.6) is 0 Å². The average Bonchev–Trinajstić information content (AvgIpc) is 2.63. The van der Waals surface area contributed by atoms with E-state index in [9.17, 15) is 18.0 Å². The fraction of sp³-hybridized carbons (Fsp3) is 0.182. The summed E-state index contributed by atoms with van der Waals surface area (Å²) in [7, 11) is 0. The summed E-state index contributed by atoms with van der Waals surface area (Å²) >= 11 is 0. The van der Waals surface area contributed by atoms with Gasteiger partial charge in [0.25, 0.3) is 0 Å². The monoisotopic (exact) mass is 228 g/mol. The normalized spacial score (nSPS) is 15.9. The molecule has 1 aromatic rings. The number of alkyl halides is 3. The molecule has 1 aliphatic heterocycles. The zero-order chi connectivity index (χ0) is 11.8. The average molecular weight is 228 g/mol. The number of benzene rings is 1. The molecule has 1 heterocycles. The number of rotatable bonds is 1. The van der Waals surface area contributed by atoms with E-state index in [1.165, 1.54) is 18.2 Å². The summed E-state index contributed by atoms with van der Waals surface area (Å²) in [5.41, 5.74) is -0.353. The molecule has 0 spiro atoms. The molecule has 5 heteroatoms. The van der Waals surface area contributed by atoms with Crippen LogP contribution in [0.4, 0.5) is 13.2 Å². The van der Waals surface area contributed by atoms with Crippen molar-refractivity contribution in [3.8, 4) is 0 Å². The van der Waals surface area contributed by atoms with Crippen molar-refractivity contribution in [2.75, 3.05) is 6.61 Å². The largest absolute Gasteiger partial charge is 0.458 e. The molecule has 2 rings (SSSR count). The maximum absolute atomic E-state index is 12.4. The van der Waals surface area contributed by atoms with Gasteiger partial charge < -0.3 is 4.74 Å².